The molecule has 1 aromatic carbocycles. The summed E-state index contributed by atoms with van der Waals surface area (Å²) in [6.45, 7) is 4.34. The minimum absolute atomic E-state index is 0.824. The Morgan fingerprint density at radius 3 is 2.70 bits per heavy atom. The summed E-state index contributed by atoms with van der Waals surface area (Å²) >= 11 is 0. The Kier molecular flexibility index (Phi) is 4.28. The highest BCUT2D eigenvalue weighted by molar-refractivity contribution is 5.51. The van der Waals surface area contributed by atoms with Gasteiger partial charge in [0.05, 0.1) is 0 Å². The van der Waals surface area contributed by atoms with Crippen molar-refractivity contribution in [2.75, 3.05) is 18.4 Å². The van der Waals surface area contributed by atoms with Crippen molar-refractivity contribution in [2.24, 2.45) is 0 Å². The number of likely N-dealkylation sites (tertiary alicyclic amines) is 1. The summed E-state index contributed by atoms with van der Waals surface area (Å²) in [5.41, 5.74) is 3.84. The lowest BCUT2D eigenvalue weighted by Crippen LogP contribution is -2.19. The number of hydrogen-bond donors (Lipinski definition) is 1. The molecular weight excluding hydrogens is 246 g/mol. The molecule has 1 aromatic heterocycles. The van der Waals surface area contributed by atoms with Crippen LogP contribution < -0.4 is 5.32 Å². The number of pyridine rings is 1. The molecule has 0 spiro atoms. The molecule has 20 heavy (non-hydrogen) atoms. The van der Waals surface area contributed by atoms with E-state index >= 15 is 0 Å². The lowest BCUT2D eigenvalue weighted by atomic mass is 10.1. The number of benzene rings is 1. The van der Waals surface area contributed by atoms with Crippen LogP contribution >= 0.6 is 0 Å². The molecule has 1 N–H and O–H groups in total. The Balaban J connectivity index is 1.66. The van der Waals surface area contributed by atoms with E-state index in [1.165, 1.54) is 42.7 Å². The summed E-state index contributed by atoms with van der Waals surface area (Å²) in [7, 11) is 0. The average Bonchev–Trinajstić information content (AvgIpc) is 3.00. The Labute approximate surface area is 120 Å². The highest BCUT2D eigenvalue weighted by atomic mass is 15.1. The van der Waals surface area contributed by atoms with Gasteiger partial charge in [-0.05, 0) is 49.2 Å². The lowest BCUT2D eigenvalue weighted by molar-refractivity contribution is 0.332. The fourth-order valence-electron chi connectivity index (χ4n) is 2.71. The van der Waals surface area contributed by atoms with E-state index in [-0.39, 0.29) is 0 Å². The van der Waals surface area contributed by atoms with Crippen molar-refractivity contribution in [3.05, 3.63) is 59.9 Å². The first kappa shape index (κ1) is 13.1. The molecule has 3 rings (SSSR count). The molecule has 0 radical (unpaired) electrons. The molecule has 104 valence electrons. The predicted molar refractivity (Wildman–Crippen MR) is 82.5 cm³/mol. The van der Waals surface area contributed by atoms with E-state index in [9.17, 15) is 0 Å². The number of nitrogens with zero attached hydrogens (tertiary/aromatic N) is 2. The van der Waals surface area contributed by atoms with Gasteiger partial charge in [0.2, 0.25) is 0 Å². The molecule has 0 atom stereocenters. The molecule has 1 fully saturated rings. The molecule has 1 aliphatic heterocycles. The first-order valence-electron chi connectivity index (χ1n) is 7.35. The van der Waals surface area contributed by atoms with Crippen LogP contribution in [0.3, 0.4) is 0 Å². The van der Waals surface area contributed by atoms with Gasteiger partial charge >= 0.3 is 0 Å². The normalized spacial score (nSPS) is 15.4. The Morgan fingerprint density at radius 1 is 1.05 bits per heavy atom. The molecule has 0 bridgehead atoms. The molecule has 0 unspecified atom stereocenters. The fraction of sp³-hybridized carbons (Fsp3) is 0.353. The monoisotopic (exact) mass is 267 g/mol. The quantitative estimate of drug-likeness (QED) is 0.901. The van der Waals surface area contributed by atoms with E-state index in [1.807, 2.05) is 18.5 Å². The second kappa shape index (κ2) is 6.53. The van der Waals surface area contributed by atoms with Crippen molar-refractivity contribution < 1.29 is 0 Å². The third kappa shape index (κ3) is 3.36. The predicted octanol–water partition coefficient (Wildman–Crippen LogP) is 3.29. The molecule has 2 aromatic rings. The Bertz CT molecular complexity index is 533. The van der Waals surface area contributed by atoms with E-state index in [0.717, 1.165) is 13.1 Å². The molecule has 3 heteroatoms. The van der Waals surface area contributed by atoms with Crippen LogP contribution in [0.1, 0.15) is 24.0 Å². The maximum Gasteiger partial charge on any atom is 0.0416 e. The van der Waals surface area contributed by atoms with Crippen molar-refractivity contribution in [1.82, 2.24) is 9.88 Å². The van der Waals surface area contributed by atoms with Crippen molar-refractivity contribution in [2.45, 2.75) is 25.9 Å². The van der Waals surface area contributed by atoms with Gasteiger partial charge in [-0.3, -0.25) is 9.88 Å². The SMILES string of the molecule is c1cncc(CNc2ccccc2CN2CCCC2)c1. The van der Waals surface area contributed by atoms with E-state index in [4.69, 9.17) is 0 Å². The summed E-state index contributed by atoms with van der Waals surface area (Å²) in [6, 6.07) is 12.7. The van der Waals surface area contributed by atoms with Crippen LogP contribution in [0.15, 0.2) is 48.8 Å². The molecule has 1 saturated heterocycles. The van der Waals surface area contributed by atoms with Crippen molar-refractivity contribution in [1.29, 1.82) is 0 Å². The summed E-state index contributed by atoms with van der Waals surface area (Å²) < 4.78 is 0. The van der Waals surface area contributed by atoms with E-state index in [2.05, 4.69) is 45.5 Å². The number of nitrogens with one attached hydrogen (secondary N) is 1. The van der Waals surface area contributed by atoms with Gasteiger partial charge < -0.3 is 5.32 Å². The summed E-state index contributed by atoms with van der Waals surface area (Å²) in [4.78, 5) is 6.69. The standard InChI is InChI=1S/C17H21N3/c1-2-8-17(19-13-15-6-5-9-18-12-15)16(7-1)14-20-10-3-4-11-20/h1-2,5-9,12,19H,3-4,10-11,13-14H2. The molecule has 0 saturated carbocycles. The molecule has 3 nitrogen and oxygen atoms in total. The number of aromatic nitrogens is 1. The molecule has 2 heterocycles. The second-order valence-electron chi connectivity index (χ2n) is 5.36. The average molecular weight is 267 g/mol. The van der Waals surface area contributed by atoms with Crippen LogP contribution in [-0.2, 0) is 13.1 Å². The number of rotatable bonds is 5. The van der Waals surface area contributed by atoms with Crippen LogP contribution in [-0.4, -0.2) is 23.0 Å². The zero-order valence-corrected chi connectivity index (χ0v) is 11.8. The largest absolute Gasteiger partial charge is 0.381 e. The van der Waals surface area contributed by atoms with Gasteiger partial charge in [0, 0.05) is 31.2 Å². The van der Waals surface area contributed by atoms with E-state index in [1.54, 1.807) is 0 Å². The second-order valence-corrected chi connectivity index (χ2v) is 5.36. The zero-order chi connectivity index (χ0) is 13.6. The fourth-order valence-corrected chi connectivity index (χ4v) is 2.71. The molecular formula is C17H21N3. The van der Waals surface area contributed by atoms with Crippen molar-refractivity contribution >= 4 is 5.69 Å². The molecule has 0 amide bonds. The number of anilines is 1. The number of para-hydroxylation sites is 1. The van der Waals surface area contributed by atoms with Crippen LogP contribution in [0.2, 0.25) is 0 Å². The topological polar surface area (TPSA) is 28.2 Å². The minimum Gasteiger partial charge on any atom is -0.381 e. The van der Waals surface area contributed by atoms with Gasteiger partial charge in [0.25, 0.3) is 0 Å². The van der Waals surface area contributed by atoms with Crippen LogP contribution in [0.25, 0.3) is 0 Å². The minimum atomic E-state index is 0.824. The van der Waals surface area contributed by atoms with Crippen LogP contribution in [0.4, 0.5) is 5.69 Å². The highest BCUT2D eigenvalue weighted by Gasteiger charge is 2.13. The van der Waals surface area contributed by atoms with Gasteiger partial charge in [0.1, 0.15) is 0 Å². The third-order valence-electron chi connectivity index (χ3n) is 3.82. The summed E-state index contributed by atoms with van der Waals surface area (Å²) in [5, 5.41) is 3.54. The van der Waals surface area contributed by atoms with Gasteiger partial charge in [-0.15, -0.1) is 0 Å². The van der Waals surface area contributed by atoms with E-state index < -0.39 is 0 Å². The third-order valence-corrected chi connectivity index (χ3v) is 3.82. The summed E-state index contributed by atoms with van der Waals surface area (Å²) in [6.07, 6.45) is 6.40. The first-order chi connectivity index (χ1) is 9.92. The van der Waals surface area contributed by atoms with Gasteiger partial charge in [0.15, 0.2) is 0 Å². The smallest absolute Gasteiger partial charge is 0.0416 e. The number of hydrogen-bond acceptors (Lipinski definition) is 3. The Hall–Kier alpha value is -1.87. The van der Waals surface area contributed by atoms with Gasteiger partial charge in [-0.1, -0.05) is 24.3 Å². The van der Waals surface area contributed by atoms with Crippen LogP contribution in [0, 0.1) is 0 Å². The van der Waals surface area contributed by atoms with E-state index in [0.29, 0.717) is 0 Å². The Morgan fingerprint density at radius 2 is 1.90 bits per heavy atom. The molecule has 1 aliphatic rings. The molecule has 0 aliphatic carbocycles. The van der Waals surface area contributed by atoms with Crippen molar-refractivity contribution in [3.8, 4) is 0 Å². The highest BCUT2D eigenvalue weighted by Crippen LogP contribution is 2.20. The maximum absolute atomic E-state index is 4.15. The first-order valence-corrected chi connectivity index (χ1v) is 7.35. The van der Waals surface area contributed by atoms with Crippen LogP contribution in [0.5, 0.6) is 0 Å². The van der Waals surface area contributed by atoms with Crippen molar-refractivity contribution in [3.63, 3.8) is 0 Å². The zero-order valence-electron chi connectivity index (χ0n) is 11.8. The van der Waals surface area contributed by atoms with Gasteiger partial charge in [-0.2, -0.15) is 0 Å². The van der Waals surface area contributed by atoms with Gasteiger partial charge in [-0.25, -0.2) is 0 Å². The summed E-state index contributed by atoms with van der Waals surface area (Å²) in [5.74, 6) is 0. The maximum atomic E-state index is 4.15. The lowest BCUT2D eigenvalue weighted by Gasteiger charge is -2.18.